The molecule has 1 heterocycles. The summed E-state index contributed by atoms with van der Waals surface area (Å²) in [6, 6.07) is 10.5. The first-order valence-corrected chi connectivity index (χ1v) is 6.77. The van der Waals surface area contributed by atoms with Crippen LogP contribution in [0.15, 0.2) is 35.4 Å². The van der Waals surface area contributed by atoms with Crippen LogP contribution in [0.5, 0.6) is 0 Å². The summed E-state index contributed by atoms with van der Waals surface area (Å²) < 4.78 is 1.95. The zero-order valence-corrected chi connectivity index (χ0v) is 10.2. The van der Waals surface area contributed by atoms with E-state index >= 15 is 0 Å². The predicted molar refractivity (Wildman–Crippen MR) is 67.4 cm³/mol. The van der Waals surface area contributed by atoms with Crippen molar-refractivity contribution in [2.45, 2.75) is 25.3 Å². The van der Waals surface area contributed by atoms with E-state index in [0.29, 0.717) is 17.9 Å². The van der Waals surface area contributed by atoms with Gasteiger partial charge in [0.05, 0.1) is 5.92 Å². The number of fused-ring (bicyclic) bond motifs is 5. The molecule has 2 aliphatic carbocycles. The summed E-state index contributed by atoms with van der Waals surface area (Å²) in [5, 5.41) is 16.3. The Hall–Kier alpha value is -1.64. The monoisotopic (exact) mass is 240 g/mol. The van der Waals surface area contributed by atoms with Crippen LogP contribution in [0.4, 0.5) is 0 Å². The summed E-state index contributed by atoms with van der Waals surface area (Å²) in [6.07, 6.45) is 5.76. The largest absolute Gasteiger partial charge is 0.857 e. The number of hydrogen-bond acceptors (Lipinski definition) is 2. The van der Waals surface area contributed by atoms with E-state index in [-0.39, 0.29) is 11.8 Å². The number of hydrazone groups is 1. The minimum Gasteiger partial charge on any atom is -0.857 e. The molecule has 4 unspecified atom stereocenters. The van der Waals surface area contributed by atoms with Crippen LogP contribution in [0, 0.1) is 17.8 Å². The Bertz CT molecular complexity index is 535. The summed E-state index contributed by atoms with van der Waals surface area (Å²) in [5.41, 5.74) is 1.12. The van der Waals surface area contributed by atoms with Crippen LogP contribution in [0.2, 0.25) is 0 Å². The van der Waals surface area contributed by atoms with Gasteiger partial charge in [-0.2, -0.15) is 0 Å². The first-order valence-electron chi connectivity index (χ1n) is 6.77. The Labute approximate surface area is 106 Å². The molecule has 18 heavy (non-hydrogen) atoms. The summed E-state index contributed by atoms with van der Waals surface area (Å²) in [4.78, 5) is 0. The molecular formula is C15H16N2O. The van der Waals surface area contributed by atoms with Crippen molar-refractivity contribution in [3.8, 4) is 0 Å². The fourth-order valence-electron chi connectivity index (χ4n) is 4.04. The predicted octanol–water partition coefficient (Wildman–Crippen LogP) is 1.22. The SMILES string of the molecule is [O-]C1=N/[N+](=C/c2ccccc2)C2C3CCC(C3)C12. The molecule has 4 rings (SSSR count). The van der Waals surface area contributed by atoms with Gasteiger partial charge in [-0.3, -0.25) is 0 Å². The quantitative estimate of drug-likeness (QED) is 0.680. The number of hydrogen-bond donors (Lipinski definition) is 0. The molecule has 1 aliphatic heterocycles. The van der Waals surface area contributed by atoms with Crippen molar-refractivity contribution >= 4 is 12.1 Å². The van der Waals surface area contributed by atoms with Gasteiger partial charge in [-0.1, -0.05) is 22.9 Å². The van der Waals surface area contributed by atoms with Crippen LogP contribution in [0.1, 0.15) is 24.8 Å². The van der Waals surface area contributed by atoms with Gasteiger partial charge in [0.1, 0.15) is 0 Å². The summed E-state index contributed by atoms with van der Waals surface area (Å²) >= 11 is 0. The van der Waals surface area contributed by atoms with Crippen molar-refractivity contribution in [3.05, 3.63) is 35.9 Å². The molecule has 2 bridgehead atoms. The second-order valence-corrected chi connectivity index (χ2v) is 5.71. The lowest BCUT2D eigenvalue weighted by Gasteiger charge is -2.22. The van der Waals surface area contributed by atoms with Gasteiger partial charge in [-0.05, 0) is 42.4 Å². The van der Waals surface area contributed by atoms with Gasteiger partial charge in [-0.15, -0.1) is 0 Å². The number of rotatable bonds is 1. The fourth-order valence-corrected chi connectivity index (χ4v) is 4.04. The topological polar surface area (TPSA) is 38.4 Å². The Morgan fingerprint density at radius 1 is 1.17 bits per heavy atom. The zero-order chi connectivity index (χ0) is 12.1. The van der Waals surface area contributed by atoms with Gasteiger partial charge in [0, 0.05) is 17.4 Å². The Morgan fingerprint density at radius 2 is 1.94 bits per heavy atom. The van der Waals surface area contributed by atoms with E-state index in [1.807, 2.05) is 29.1 Å². The second-order valence-electron chi connectivity index (χ2n) is 5.71. The first-order chi connectivity index (χ1) is 8.83. The highest BCUT2D eigenvalue weighted by Crippen LogP contribution is 2.51. The third kappa shape index (κ3) is 1.36. The summed E-state index contributed by atoms with van der Waals surface area (Å²) in [6.45, 7) is 0. The summed E-state index contributed by atoms with van der Waals surface area (Å²) in [5.74, 6) is 1.57. The lowest BCUT2D eigenvalue weighted by molar-refractivity contribution is -0.569. The minimum atomic E-state index is 0.111. The van der Waals surface area contributed by atoms with Crippen LogP contribution in [0.25, 0.3) is 0 Å². The Morgan fingerprint density at radius 3 is 2.78 bits per heavy atom. The highest BCUT2D eigenvalue weighted by molar-refractivity contribution is 5.80. The Kier molecular flexibility index (Phi) is 2.10. The van der Waals surface area contributed by atoms with Crippen molar-refractivity contribution < 1.29 is 9.79 Å². The van der Waals surface area contributed by atoms with Gasteiger partial charge in [0.2, 0.25) is 6.21 Å². The lowest BCUT2D eigenvalue weighted by atomic mass is 9.85. The van der Waals surface area contributed by atoms with E-state index in [4.69, 9.17) is 0 Å². The van der Waals surface area contributed by atoms with E-state index in [2.05, 4.69) is 17.2 Å². The van der Waals surface area contributed by atoms with Crippen molar-refractivity contribution in [2.75, 3.05) is 0 Å². The van der Waals surface area contributed by atoms with Crippen LogP contribution in [0.3, 0.4) is 0 Å². The third-order valence-electron chi connectivity index (χ3n) is 4.76. The van der Waals surface area contributed by atoms with Crippen LogP contribution >= 0.6 is 0 Å². The van der Waals surface area contributed by atoms with Crippen LogP contribution in [-0.2, 0) is 0 Å². The molecule has 2 fully saturated rings. The smallest absolute Gasteiger partial charge is 0.203 e. The summed E-state index contributed by atoms with van der Waals surface area (Å²) in [7, 11) is 0. The van der Waals surface area contributed by atoms with E-state index in [0.717, 1.165) is 5.56 Å². The van der Waals surface area contributed by atoms with E-state index in [9.17, 15) is 5.11 Å². The van der Waals surface area contributed by atoms with Gasteiger partial charge >= 0.3 is 0 Å². The van der Waals surface area contributed by atoms with Crippen LogP contribution < -0.4 is 5.11 Å². The maximum absolute atomic E-state index is 12.0. The highest BCUT2D eigenvalue weighted by atomic mass is 16.3. The maximum Gasteiger partial charge on any atom is 0.203 e. The molecular weight excluding hydrogens is 224 g/mol. The standard InChI is InChI=1S/C15H16N2O/c18-15-13-11-6-7-12(8-11)14(13)17(16-15)9-10-4-2-1-3-5-10/h1-5,9,11-14H,6-8H2/b17-9+. The number of nitrogens with zero attached hydrogens (tertiary/aromatic N) is 2. The molecule has 3 heteroatoms. The van der Waals surface area contributed by atoms with Gasteiger partial charge in [-0.25, -0.2) is 0 Å². The molecule has 0 aromatic heterocycles. The maximum atomic E-state index is 12.0. The van der Waals surface area contributed by atoms with E-state index in [1.54, 1.807) is 0 Å². The van der Waals surface area contributed by atoms with Gasteiger partial charge in [0.15, 0.2) is 6.04 Å². The Balaban J connectivity index is 1.73. The molecule has 0 radical (unpaired) electrons. The lowest BCUT2D eigenvalue weighted by Crippen LogP contribution is -2.37. The van der Waals surface area contributed by atoms with Crippen molar-refractivity contribution in [3.63, 3.8) is 0 Å². The molecule has 0 saturated heterocycles. The molecule has 0 N–H and O–H groups in total. The molecule has 0 amide bonds. The fraction of sp³-hybridized carbons (Fsp3) is 0.467. The van der Waals surface area contributed by atoms with E-state index < -0.39 is 0 Å². The molecule has 3 aliphatic rings. The zero-order valence-electron chi connectivity index (χ0n) is 10.2. The van der Waals surface area contributed by atoms with E-state index in [1.165, 1.54) is 19.3 Å². The molecule has 92 valence electrons. The van der Waals surface area contributed by atoms with Gasteiger partial charge < -0.3 is 5.11 Å². The average molecular weight is 240 g/mol. The molecule has 4 atom stereocenters. The molecule has 0 spiro atoms. The van der Waals surface area contributed by atoms with Gasteiger partial charge in [0.25, 0.3) is 0 Å². The van der Waals surface area contributed by atoms with Crippen molar-refractivity contribution in [1.82, 2.24) is 0 Å². The second kappa shape index (κ2) is 3.67. The minimum absolute atomic E-state index is 0.111. The third-order valence-corrected chi connectivity index (χ3v) is 4.76. The van der Waals surface area contributed by atoms with Crippen LogP contribution in [-0.4, -0.2) is 22.8 Å². The molecule has 1 aromatic carbocycles. The van der Waals surface area contributed by atoms with Crippen molar-refractivity contribution in [1.29, 1.82) is 0 Å². The molecule has 1 aromatic rings. The highest BCUT2D eigenvalue weighted by Gasteiger charge is 2.57. The number of benzene rings is 1. The average Bonchev–Trinajstić information content (AvgIpc) is 3.05. The molecule has 2 saturated carbocycles. The first kappa shape index (κ1) is 10.3. The van der Waals surface area contributed by atoms with Crippen molar-refractivity contribution in [2.24, 2.45) is 22.9 Å². The normalized spacial score (nSPS) is 39.1. The molecule has 3 nitrogen and oxygen atoms in total.